The van der Waals surface area contributed by atoms with E-state index in [0.29, 0.717) is 11.6 Å². The fourth-order valence-corrected chi connectivity index (χ4v) is 2.59. The van der Waals surface area contributed by atoms with E-state index in [1.54, 1.807) is 6.20 Å². The number of hydrogen-bond donors (Lipinski definition) is 1. The van der Waals surface area contributed by atoms with E-state index in [-0.39, 0.29) is 47.6 Å². The van der Waals surface area contributed by atoms with Crippen LogP contribution in [0.5, 0.6) is 17.5 Å². The van der Waals surface area contributed by atoms with E-state index in [4.69, 9.17) is 14.0 Å². The van der Waals surface area contributed by atoms with E-state index in [2.05, 4.69) is 10.1 Å². The standard InChI is InChI=1S/C20H22N2O4.Na.H/c1-13(2)24-20-11-15(8-9-21-20)10-14(3)25-17-6-4-16(5-7-17)18-12-19(23)22-26-18;;/h4-9,11-14H,10H2,1-3H3,(H,22,23);;/t14-;;/m1../s1. The van der Waals surface area contributed by atoms with Crippen molar-refractivity contribution in [3.05, 3.63) is 54.2 Å². The summed E-state index contributed by atoms with van der Waals surface area (Å²) in [7, 11) is 0. The zero-order valence-electron chi connectivity index (χ0n) is 15.0. The SMILES string of the molecule is CC(C)Oc1cc(C[C@@H](C)Oc2ccc(-c3cc(O)no3)cc2)ccn1.[NaH]. The second-order valence-corrected chi connectivity index (χ2v) is 6.38. The quantitative estimate of drug-likeness (QED) is 0.633. The Labute approximate surface area is 180 Å². The van der Waals surface area contributed by atoms with Crippen LogP contribution in [-0.2, 0) is 6.42 Å². The molecule has 0 saturated carbocycles. The van der Waals surface area contributed by atoms with Crippen LogP contribution in [0.1, 0.15) is 26.3 Å². The van der Waals surface area contributed by atoms with Crippen LogP contribution < -0.4 is 9.47 Å². The molecule has 0 aliphatic rings. The molecule has 0 aliphatic carbocycles. The summed E-state index contributed by atoms with van der Waals surface area (Å²) in [5, 5.41) is 12.7. The van der Waals surface area contributed by atoms with Crippen LogP contribution in [0.4, 0.5) is 0 Å². The minimum absolute atomic E-state index is 0. The summed E-state index contributed by atoms with van der Waals surface area (Å²) < 4.78 is 16.6. The predicted molar refractivity (Wildman–Crippen MR) is 105 cm³/mol. The van der Waals surface area contributed by atoms with E-state index in [9.17, 15) is 5.11 Å². The van der Waals surface area contributed by atoms with E-state index in [1.165, 1.54) is 6.07 Å². The summed E-state index contributed by atoms with van der Waals surface area (Å²) >= 11 is 0. The number of nitrogens with zero attached hydrogens (tertiary/aromatic N) is 2. The molecule has 0 radical (unpaired) electrons. The Bertz CT molecular complexity index is 849. The summed E-state index contributed by atoms with van der Waals surface area (Å²) in [5.74, 6) is 1.77. The molecule has 2 aromatic heterocycles. The molecular formula is C20H23N2NaO4. The summed E-state index contributed by atoms with van der Waals surface area (Å²) in [6, 6.07) is 12.8. The van der Waals surface area contributed by atoms with Gasteiger partial charge in [-0.1, -0.05) is 0 Å². The number of aromatic nitrogens is 2. The molecule has 0 saturated heterocycles. The summed E-state index contributed by atoms with van der Waals surface area (Å²) in [6.45, 7) is 5.97. The molecule has 0 fully saturated rings. The van der Waals surface area contributed by atoms with Gasteiger partial charge < -0.3 is 19.1 Å². The van der Waals surface area contributed by atoms with Gasteiger partial charge in [0, 0.05) is 30.3 Å². The van der Waals surface area contributed by atoms with Crippen molar-refractivity contribution in [2.75, 3.05) is 0 Å². The molecule has 1 N–H and O–H groups in total. The zero-order chi connectivity index (χ0) is 18.5. The topological polar surface area (TPSA) is 77.6 Å². The fraction of sp³-hybridized carbons (Fsp3) is 0.300. The number of aromatic hydroxyl groups is 1. The maximum atomic E-state index is 9.25. The molecule has 27 heavy (non-hydrogen) atoms. The van der Waals surface area contributed by atoms with Crippen molar-refractivity contribution in [2.24, 2.45) is 0 Å². The van der Waals surface area contributed by atoms with E-state index >= 15 is 0 Å². The van der Waals surface area contributed by atoms with Crippen LogP contribution in [0.15, 0.2) is 53.2 Å². The van der Waals surface area contributed by atoms with Gasteiger partial charge in [0.05, 0.1) is 12.2 Å². The van der Waals surface area contributed by atoms with Gasteiger partial charge in [-0.25, -0.2) is 4.98 Å². The van der Waals surface area contributed by atoms with E-state index in [0.717, 1.165) is 23.3 Å². The van der Waals surface area contributed by atoms with Gasteiger partial charge in [0.25, 0.3) is 5.88 Å². The first kappa shape index (κ1) is 21.3. The minimum atomic E-state index is -0.132. The first-order chi connectivity index (χ1) is 12.5. The van der Waals surface area contributed by atoms with Gasteiger partial charge in [-0.2, -0.15) is 0 Å². The number of rotatable bonds is 7. The maximum absolute atomic E-state index is 9.25. The summed E-state index contributed by atoms with van der Waals surface area (Å²) in [5.41, 5.74) is 1.93. The van der Waals surface area contributed by atoms with Gasteiger partial charge in [0.15, 0.2) is 5.76 Å². The molecule has 6 nitrogen and oxygen atoms in total. The molecular weight excluding hydrogens is 355 g/mol. The Morgan fingerprint density at radius 2 is 1.78 bits per heavy atom. The predicted octanol–water partition coefficient (Wildman–Crippen LogP) is 3.59. The summed E-state index contributed by atoms with van der Waals surface area (Å²) in [4.78, 5) is 4.22. The van der Waals surface area contributed by atoms with Crippen molar-refractivity contribution in [2.45, 2.75) is 39.4 Å². The summed E-state index contributed by atoms with van der Waals surface area (Å²) in [6.07, 6.45) is 2.58. The molecule has 0 amide bonds. The van der Waals surface area contributed by atoms with Crippen LogP contribution in [-0.4, -0.2) is 57.0 Å². The molecule has 0 aliphatic heterocycles. The van der Waals surface area contributed by atoms with Crippen molar-refractivity contribution >= 4 is 29.6 Å². The van der Waals surface area contributed by atoms with E-state index in [1.807, 2.05) is 57.2 Å². The number of pyridine rings is 1. The van der Waals surface area contributed by atoms with Gasteiger partial charge >= 0.3 is 29.6 Å². The molecule has 7 heteroatoms. The fourth-order valence-electron chi connectivity index (χ4n) is 2.59. The molecule has 2 heterocycles. The molecule has 0 bridgehead atoms. The van der Waals surface area contributed by atoms with E-state index < -0.39 is 0 Å². The Hall–Kier alpha value is -2.02. The van der Waals surface area contributed by atoms with Crippen molar-refractivity contribution in [1.29, 1.82) is 0 Å². The van der Waals surface area contributed by atoms with Crippen molar-refractivity contribution < 1.29 is 19.1 Å². The third-order valence-corrected chi connectivity index (χ3v) is 3.65. The van der Waals surface area contributed by atoms with Crippen molar-refractivity contribution in [3.8, 4) is 28.8 Å². The van der Waals surface area contributed by atoms with Crippen LogP contribution >= 0.6 is 0 Å². The molecule has 1 aromatic carbocycles. The Kier molecular flexibility index (Phi) is 7.71. The second-order valence-electron chi connectivity index (χ2n) is 6.38. The van der Waals surface area contributed by atoms with Crippen molar-refractivity contribution in [3.63, 3.8) is 0 Å². The Morgan fingerprint density at radius 1 is 1.04 bits per heavy atom. The zero-order valence-corrected chi connectivity index (χ0v) is 15.0. The first-order valence-electron chi connectivity index (χ1n) is 8.54. The van der Waals surface area contributed by atoms with Gasteiger partial charge in [0.1, 0.15) is 5.75 Å². The van der Waals surface area contributed by atoms with Gasteiger partial charge in [-0.3, -0.25) is 0 Å². The molecule has 3 aromatic rings. The molecule has 3 rings (SSSR count). The monoisotopic (exact) mass is 378 g/mol. The van der Waals surface area contributed by atoms with Crippen molar-refractivity contribution in [1.82, 2.24) is 10.1 Å². The van der Waals surface area contributed by atoms with Crippen LogP contribution in [0.2, 0.25) is 0 Å². The molecule has 0 spiro atoms. The molecule has 0 unspecified atom stereocenters. The molecule has 1 atom stereocenters. The number of benzene rings is 1. The van der Waals surface area contributed by atoms with Gasteiger partial charge in [-0.05, 0) is 61.8 Å². The van der Waals surface area contributed by atoms with Gasteiger partial charge in [-0.15, -0.1) is 0 Å². The van der Waals surface area contributed by atoms with Crippen LogP contribution in [0, 0.1) is 0 Å². The Balaban J connectivity index is 0.00000261. The third kappa shape index (κ3) is 6.27. The Morgan fingerprint density at radius 3 is 2.41 bits per heavy atom. The number of hydrogen-bond acceptors (Lipinski definition) is 6. The third-order valence-electron chi connectivity index (χ3n) is 3.65. The second kappa shape index (κ2) is 9.78. The van der Waals surface area contributed by atoms with Crippen LogP contribution in [0.3, 0.4) is 0 Å². The average Bonchev–Trinajstić information content (AvgIpc) is 3.01. The first-order valence-corrected chi connectivity index (χ1v) is 8.54. The average molecular weight is 378 g/mol. The normalized spacial score (nSPS) is 11.7. The van der Waals surface area contributed by atoms with Crippen LogP contribution in [0.25, 0.3) is 11.3 Å². The van der Waals surface area contributed by atoms with Gasteiger partial charge in [0.2, 0.25) is 5.88 Å². The number of ether oxygens (including phenoxy) is 2. The molecule has 138 valence electrons.